The van der Waals surface area contributed by atoms with E-state index in [2.05, 4.69) is 39.0 Å². The van der Waals surface area contributed by atoms with Crippen LogP contribution >= 0.6 is 0 Å². The molecule has 0 spiro atoms. The van der Waals surface area contributed by atoms with Crippen molar-refractivity contribution in [2.75, 3.05) is 40.5 Å². The molecule has 10 heteroatoms. The highest BCUT2D eigenvalue weighted by atomic mass is 19.1. The van der Waals surface area contributed by atoms with Crippen LogP contribution in [0, 0.1) is 5.82 Å². The van der Waals surface area contributed by atoms with Crippen molar-refractivity contribution in [3.63, 3.8) is 0 Å². The second-order valence-electron chi connectivity index (χ2n) is 10.7. The summed E-state index contributed by atoms with van der Waals surface area (Å²) in [4.78, 5) is 30.5. The highest BCUT2D eigenvalue weighted by Gasteiger charge is 2.33. The number of benzene rings is 3. The summed E-state index contributed by atoms with van der Waals surface area (Å²) >= 11 is 0. The van der Waals surface area contributed by atoms with Gasteiger partial charge in [0.05, 0.1) is 17.9 Å². The number of fused-ring (bicyclic) bond motifs is 1. The molecule has 0 bridgehead atoms. The summed E-state index contributed by atoms with van der Waals surface area (Å²) < 4.78 is 15.2. The normalized spacial score (nSPS) is 14.6. The van der Waals surface area contributed by atoms with Crippen molar-refractivity contribution < 1.29 is 14.3 Å². The zero-order chi connectivity index (χ0) is 29.4. The second kappa shape index (κ2) is 11.4. The lowest BCUT2D eigenvalue weighted by Crippen LogP contribution is -2.39. The first kappa shape index (κ1) is 27.6. The first-order valence-corrected chi connectivity index (χ1v) is 14.4. The monoisotopic (exact) mass is 567 g/mol. The number of anilines is 5. The van der Waals surface area contributed by atoms with Gasteiger partial charge in [0.25, 0.3) is 5.91 Å². The summed E-state index contributed by atoms with van der Waals surface area (Å²) in [6, 6.07) is 16.7. The first-order valence-electron chi connectivity index (χ1n) is 14.4. The van der Waals surface area contributed by atoms with E-state index in [-0.39, 0.29) is 29.9 Å². The molecule has 0 unspecified atom stereocenters. The van der Waals surface area contributed by atoms with Crippen molar-refractivity contribution in [3.05, 3.63) is 82.7 Å². The van der Waals surface area contributed by atoms with Crippen LogP contribution in [-0.2, 0) is 13.0 Å². The summed E-state index contributed by atoms with van der Waals surface area (Å²) in [5, 5.41) is 13.7. The predicted molar refractivity (Wildman–Crippen MR) is 163 cm³/mol. The molecule has 4 N–H and O–H groups in total. The molecule has 42 heavy (non-hydrogen) atoms. The Morgan fingerprint density at radius 2 is 1.83 bits per heavy atom. The highest BCUT2D eigenvalue weighted by Crippen LogP contribution is 2.42. The molecule has 216 valence electrons. The fraction of sp³-hybridized carbons (Fsp3) is 0.312. The van der Waals surface area contributed by atoms with Crippen molar-refractivity contribution in [2.45, 2.75) is 45.6 Å². The third-order valence-corrected chi connectivity index (χ3v) is 8.05. The summed E-state index contributed by atoms with van der Waals surface area (Å²) in [6.45, 7) is 6.04. The van der Waals surface area contributed by atoms with Gasteiger partial charge in [-0.1, -0.05) is 18.2 Å². The lowest BCUT2D eigenvalue weighted by atomic mass is 9.93. The van der Waals surface area contributed by atoms with Gasteiger partial charge in [-0.25, -0.2) is 4.39 Å². The molecule has 1 amide bonds. The number of carbonyl (C=O) groups excluding carboxylic acids is 1. The zero-order valence-electron chi connectivity index (χ0n) is 23.8. The van der Waals surface area contributed by atoms with Gasteiger partial charge in [0.15, 0.2) is 5.82 Å². The van der Waals surface area contributed by atoms with Crippen LogP contribution in [-0.4, -0.2) is 45.6 Å². The number of aliphatic hydroxyl groups excluding tert-OH is 1. The van der Waals surface area contributed by atoms with E-state index in [1.807, 2.05) is 30.3 Å². The number of hydrogen-bond donors (Lipinski definition) is 3. The van der Waals surface area contributed by atoms with Crippen LogP contribution in [0.15, 0.2) is 54.6 Å². The van der Waals surface area contributed by atoms with Gasteiger partial charge < -0.3 is 26.0 Å². The molecule has 6 rings (SSSR count). The van der Waals surface area contributed by atoms with E-state index in [0.29, 0.717) is 35.7 Å². The molecular weight excluding hydrogens is 533 g/mol. The number of nitrogen functional groups attached to an aromatic ring is 1. The van der Waals surface area contributed by atoms with Gasteiger partial charge in [-0.05, 0) is 86.6 Å². The lowest BCUT2D eigenvalue weighted by molar-refractivity contribution is 0.0976. The number of carbonyl (C=O) groups is 1. The SMILES string of the molecule is CCN(CC)c1ccc(Nc2nc(N)nc(-c3cccc(N4CCc5cc(C6CC6)cc(F)c5C4=O)c3CO)n2)cc1. The number of aliphatic hydroxyl groups is 1. The van der Waals surface area contributed by atoms with Crippen molar-refractivity contribution in [1.82, 2.24) is 15.0 Å². The maximum atomic E-state index is 15.2. The summed E-state index contributed by atoms with van der Waals surface area (Å²) in [6.07, 6.45) is 2.65. The van der Waals surface area contributed by atoms with E-state index < -0.39 is 11.7 Å². The Kier molecular flexibility index (Phi) is 7.47. The smallest absolute Gasteiger partial charge is 0.261 e. The molecule has 3 aromatic carbocycles. The summed E-state index contributed by atoms with van der Waals surface area (Å²) in [5.74, 6) is -0.00660. The Morgan fingerprint density at radius 1 is 1.07 bits per heavy atom. The zero-order valence-corrected chi connectivity index (χ0v) is 23.8. The molecule has 1 aliphatic heterocycles. The number of nitrogens with zero attached hydrogens (tertiary/aromatic N) is 5. The number of hydrogen-bond acceptors (Lipinski definition) is 8. The van der Waals surface area contributed by atoms with E-state index in [1.54, 1.807) is 18.2 Å². The molecule has 4 aromatic rings. The molecule has 1 aliphatic carbocycles. The van der Waals surface area contributed by atoms with Crippen molar-refractivity contribution in [2.24, 2.45) is 0 Å². The average Bonchev–Trinajstić information content (AvgIpc) is 3.84. The molecule has 2 heterocycles. The van der Waals surface area contributed by atoms with Crippen LogP contribution in [0.3, 0.4) is 0 Å². The van der Waals surface area contributed by atoms with Gasteiger partial charge in [-0.3, -0.25) is 4.79 Å². The Balaban J connectivity index is 1.30. The Hall–Kier alpha value is -4.57. The molecule has 1 aromatic heterocycles. The third kappa shape index (κ3) is 5.25. The van der Waals surface area contributed by atoms with Gasteiger partial charge in [-0.2, -0.15) is 15.0 Å². The lowest BCUT2D eigenvalue weighted by Gasteiger charge is -2.31. The van der Waals surface area contributed by atoms with Crippen molar-refractivity contribution in [3.8, 4) is 11.4 Å². The van der Waals surface area contributed by atoms with Crippen molar-refractivity contribution in [1.29, 1.82) is 0 Å². The first-order chi connectivity index (χ1) is 20.4. The molecule has 0 radical (unpaired) electrons. The number of nitrogens with one attached hydrogen (secondary N) is 1. The largest absolute Gasteiger partial charge is 0.392 e. The van der Waals surface area contributed by atoms with Gasteiger partial charge in [0.2, 0.25) is 11.9 Å². The Labute approximate surface area is 244 Å². The molecule has 2 aliphatic rings. The van der Waals surface area contributed by atoms with Gasteiger partial charge in [-0.15, -0.1) is 0 Å². The third-order valence-electron chi connectivity index (χ3n) is 8.05. The second-order valence-corrected chi connectivity index (χ2v) is 10.7. The molecule has 1 saturated carbocycles. The summed E-state index contributed by atoms with van der Waals surface area (Å²) in [7, 11) is 0. The fourth-order valence-electron chi connectivity index (χ4n) is 5.72. The number of rotatable bonds is 9. The minimum absolute atomic E-state index is 0.00747. The van der Waals surface area contributed by atoms with E-state index in [0.717, 1.165) is 48.4 Å². The summed E-state index contributed by atoms with van der Waals surface area (Å²) in [5.41, 5.74) is 11.2. The quantitative estimate of drug-likeness (QED) is 0.245. The van der Waals surface area contributed by atoms with Crippen LogP contribution in [0.1, 0.15) is 59.7 Å². The molecule has 9 nitrogen and oxygen atoms in total. The van der Waals surface area contributed by atoms with Gasteiger partial charge in [0, 0.05) is 42.1 Å². The van der Waals surface area contributed by atoms with Gasteiger partial charge in [0.1, 0.15) is 5.82 Å². The molecule has 1 fully saturated rings. The number of nitrogens with two attached hydrogens (primary N) is 1. The Morgan fingerprint density at radius 3 is 2.52 bits per heavy atom. The van der Waals surface area contributed by atoms with E-state index in [1.165, 1.54) is 11.0 Å². The van der Waals surface area contributed by atoms with Crippen LogP contribution < -0.4 is 20.9 Å². The predicted octanol–water partition coefficient (Wildman–Crippen LogP) is 5.42. The van der Waals surface area contributed by atoms with Crippen LogP contribution in [0.5, 0.6) is 0 Å². The molecule has 0 saturated heterocycles. The maximum absolute atomic E-state index is 15.2. The van der Waals surface area contributed by atoms with Crippen LogP contribution in [0.25, 0.3) is 11.4 Å². The Bertz CT molecular complexity index is 1640. The van der Waals surface area contributed by atoms with Crippen LogP contribution in [0.2, 0.25) is 0 Å². The molecule has 0 atom stereocenters. The number of halogens is 1. The van der Waals surface area contributed by atoms with E-state index in [4.69, 9.17) is 5.73 Å². The minimum Gasteiger partial charge on any atom is -0.392 e. The minimum atomic E-state index is -0.489. The molecular formula is C32H34FN7O2. The standard InChI is InChI=1S/C32H34FN7O2/c1-3-39(4-2)23-12-10-22(11-13-23)35-32-37-29(36-31(34)38-32)24-6-5-7-27(25(24)18-41)40-15-14-20-16-21(19-8-9-19)17-26(33)28(20)30(40)42/h5-7,10-13,16-17,19,41H,3-4,8-9,14-15,18H2,1-2H3,(H3,34,35,36,37,38). The maximum Gasteiger partial charge on any atom is 0.261 e. The van der Waals surface area contributed by atoms with Gasteiger partial charge >= 0.3 is 0 Å². The fourth-order valence-corrected chi connectivity index (χ4v) is 5.72. The van der Waals surface area contributed by atoms with E-state index in [9.17, 15) is 9.90 Å². The van der Waals surface area contributed by atoms with E-state index >= 15 is 4.39 Å². The average molecular weight is 568 g/mol. The topological polar surface area (TPSA) is 120 Å². The van der Waals surface area contributed by atoms with Crippen LogP contribution in [0.4, 0.5) is 33.3 Å². The van der Waals surface area contributed by atoms with Crippen molar-refractivity contribution >= 4 is 34.9 Å². The number of amides is 1. The number of aromatic nitrogens is 3. The highest BCUT2D eigenvalue weighted by molar-refractivity contribution is 6.09.